The summed E-state index contributed by atoms with van der Waals surface area (Å²) in [5.74, 6) is 0.120. The molecule has 1 fully saturated rings. The van der Waals surface area contributed by atoms with Gasteiger partial charge in [-0.2, -0.15) is 0 Å². The molecule has 1 N–H and O–H groups in total. The van der Waals surface area contributed by atoms with Gasteiger partial charge in [-0.15, -0.1) is 0 Å². The fourth-order valence-corrected chi connectivity index (χ4v) is 4.25. The molecular weight excluding hydrogens is 390 g/mol. The number of aliphatic hydroxyl groups is 1. The number of amides is 1. The molecule has 6 heteroatoms. The average Bonchev–Trinajstić information content (AvgIpc) is 3.04. The van der Waals surface area contributed by atoms with Gasteiger partial charge in [0.15, 0.2) is 0 Å². The standard InChI is InChI=1S/C23H34ClNO4/c1-2-29-23(28)14-5-3-4-8-17-25-18(15-16-22(25)27)10-9-13-21(26)19-11-6-7-12-20(19)24/h6-7,11-12,18,21,26H,2-5,8-10,13-17H2,1H3/t18-,21?/m0/s1. The molecule has 0 aromatic heterocycles. The Kier molecular flexibility index (Phi) is 10.5. The van der Waals surface area contributed by atoms with E-state index in [-0.39, 0.29) is 17.9 Å². The van der Waals surface area contributed by atoms with Crippen LogP contribution in [-0.4, -0.2) is 41.1 Å². The van der Waals surface area contributed by atoms with E-state index >= 15 is 0 Å². The Balaban J connectivity index is 1.65. The second-order valence-corrected chi connectivity index (χ2v) is 8.12. The van der Waals surface area contributed by atoms with Crippen LogP contribution in [-0.2, 0) is 14.3 Å². The molecule has 162 valence electrons. The number of nitrogens with zero attached hydrogens (tertiary/aromatic N) is 1. The zero-order valence-corrected chi connectivity index (χ0v) is 18.2. The molecule has 0 radical (unpaired) electrons. The van der Waals surface area contributed by atoms with Crippen molar-refractivity contribution < 1.29 is 19.4 Å². The van der Waals surface area contributed by atoms with Crippen molar-refractivity contribution in [3.63, 3.8) is 0 Å². The first-order valence-corrected chi connectivity index (χ1v) is 11.3. The molecule has 5 nitrogen and oxygen atoms in total. The Hall–Kier alpha value is -1.59. The highest BCUT2D eigenvalue weighted by Crippen LogP contribution is 2.29. The van der Waals surface area contributed by atoms with Gasteiger partial charge in [0.1, 0.15) is 0 Å². The largest absolute Gasteiger partial charge is 0.466 e. The summed E-state index contributed by atoms with van der Waals surface area (Å²) in [5, 5.41) is 11.0. The van der Waals surface area contributed by atoms with E-state index in [9.17, 15) is 14.7 Å². The van der Waals surface area contributed by atoms with Crippen LogP contribution < -0.4 is 0 Å². The third-order valence-electron chi connectivity index (χ3n) is 5.57. The number of carbonyl (C=O) groups excluding carboxylic acids is 2. The van der Waals surface area contributed by atoms with Crippen molar-refractivity contribution in [2.24, 2.45) is 0 Å². The van der Waals surface area contributed by atoms with Crippen LogP contribution in [0.4, 0.5) is 0 Å². The van der Waals surface area contributed by atoms with Crippen LogP contribution >= 0.6 is 11.6 Å². The molecule has 1 saturated heterocycles. The molecule has 1 amide bonds. The number of esters is 1. The molecule has 0 aliphatic carbocycles. The van der Waals surface area contributed by atoms with Crippen molar-refractivity contribution in [3.05, 3.63) is 34.9 Å². The maximum atomic E-state index is 12.2. The predicted octanol–water partition coefficient (Wildman–Crippen LogP) is 5.05. The normalized spacial score (nSPS) is 17.6. The van der Waals surface area contributed by atoms with Gasteiger partial charge in [0.05, 0.1) is 12.7 Å². The van der Waals surface area contributed by atoms with Gasteiger partial charge in [0, 0.05) is 30.5 Å². The molecule has 1 aliphatic rings. The third kappa shape index (κ3) is 7.98. The highest BCUT2D eigenvalue weighted by atomic mass is 35.5. The SMILES string of the molecule is CCOC(=O)CCCCCCN1C(=O)CC[C@@H]1CCCC(O)c1ccccc1Cl. The van der Waals surface area contributed by atoms with Gasteiger partial charge in [0.25, 0.3) is 0 Å². The lowest BCUT2D eigenvalue weighted by molar-refractivity contribution is -0.143. The van der Waals surface area contributed by atoms with Crippen molar-refractivity contribution in [2.75, 3.05) is 13.2 Å². The summed E-state index contributed by atoms with van der Waals surface area (Å²) < 4.78 is 4.93. The van der Waals surface area contributed by atoms with Gasteiger partial charge in [-0.3, -0.25) is 9.59 Å². The first-order chi connectivity index (χ1) is 14.0. The van der Waals surface area contributed by atoms with Crippen molar-refractivity contribution in [2.45, 2.75) is 83.3 Å². The molecule has 0 saturated carbocycles. The van der Waals surface area contributed by atoms with E-state index in [0.29, 0.717) is 30.9 Å². The smallest absolute Gasteiger partial charge is 0.305 e. The molecule has 1 aromatic rings. The topological polar surface area (TPSA) is 66.8 Å². The van der Waals surface area contributed by atoms with Gasteiger partial charge in [0.2, 0.25) is 5.91 Å². The van der Waals surface area contributed by atoms with E-state index < -0.39 is 6.10 Å². The number of aliphatic hydroxyl groups excluding tert-OH is 1. The molecule has 0 bridgehead atoms. The number of benzene rings is 1. The average molecular weight is 424 g/mol. The maximum absolute atomic E-state index is 12.2. The zero-order valence-electron chi connectivity index (χ0n) is 17.4. The number of halogens is 1. The lowest BCUT2D eigenvalue weighted by Gasteiger charge is -2.25. The summed E-state index contributed by atoms with van der Waals surface area (Å²) in [6, 6.07) is 7.68. The maximum Gasteiger partial charge on any atom is 0.305 e. The molecule has 1 heterocycles. The molecule has 29 heavy (non-hydrogen) atoms. The Morgan fingerprint density at radius 2 is 2.00 bits per heavy atom. The van der Waals surface area contributed by atoms with E-state index in [1.807, 2.05) is 30.0 Å². The lowest BCUT2D eigenvalue weighted by atomic mass is 10.0. The Bertz CT molecular complexity index is 652. The number of hydrogen-bond acceptors (Lipinski definition) is 4. The fourth-order valence-electron chi connectivity index (χ4n) is 3.99. The predicted molar refractivity (Wildman–Crippen MR) is 115 cm³/mol. The Morgan fingerprint density at radius 3 is 2.76 bits per heavy atom. The van der Waals surface area contributed by atoms with E-state index in [4.69, 9.17) is 16.3 Å². The molecule has 1 aromatic carbocycles. The summed E-state index contributed by atoms with van der Waals surface area (Å²) in [6.45, 7) is 3.04. The Labute approximate surface area is 179 Å². The number of unbranched alkanes of at least 4 members (excludes halogenated alkanes) is 3. The van der Waals surface area contributed by atoms with Gasteiger partial charge in [-0.05, 0) is 57.1 Å². The van der Waals surface area contributed by atoms with Gasteiger partial charge >= 0.3 is 5.97 Å². The second kappa shape index (κ2) is 12.9. The summed E-state index contributed by atoms with van der Waals surface area (Å²) in [7, 11) is 0. The highest BCUT2D eigenvalue weighted by molar-refractivity contribution is 6.31. The molecule has 2 atom stereocenters. The zero-order chi connectivity index (χ0) is 21.1. The number of hydrogen-bond donors (Lipinski definition) is 1. The molecule has 1 unspecified atom stereocenters. The van der Waals surface area contributed by atoms with E-state index in [1.54, 1.807) is 6.07 Å². The molecule has 1 aliphatic heterocycles. The summed E-state index contributed by atoms with van der Waals surface area (Å²) in [4.78, 5) is 25.6. The van der Waals surface area contributed by atoms with Crippen LogP contribution in [0.3, 0.4) is 0 Å². The van der Waals surface area contributed by atoms with Gasteiger partial charge < -0.3 is 14.7 Å². The van der Waals surface area contributed by atoms with Crippen LogP contribution in [0.1, 0.15) is 82.8 Å². The number of likely N-dealkylation sites (tertiary alicyclic amines) is 1. The van der Waals surface area contributed by atoms with Crippen molar-refractivity contribution in [1.29, 1.82) is 0 Å². The van der Waals surface area contributed by atoms with Crippen LogP contribution in [0.2, 0.25) is 5.02 Å². The second-order valence-electron chi connectivity index (χ2n) is 7.72. The van der Waals surface area contributed by atoms with E-state index in [0.717, 1.165) is 57.1 Å². The fraction of sp³-hybridized carbons (Fsp3) is 0.652. The first-order valence-electron chi connectivity index (χ1n) is 10.9. The molecule has 0 spiro atoms. The van der Waals surface area contributed by atoms with E-state index in [2.05, 4.69) is 0 Å². The van der Waals surface area contributed by atoms with Crippen molar-refractivity contribution in [3.8, 4) is 0 Å². The minimum atomic E-state index is -0.561. The summed E-state index contributed by atoms with van der Waals surface area (Å²) in [5.41, 5.74) is 0.774. The van der Waals surface area contributed by atoms with Crippen LogP contribution in [0.25, 0.3) is 0 Å². The van der Waals surface area contributed by atoms with Crippen molar-refractivity contribution in [1.82, 2.24) is 4.90 Å². The van der Waals surface area contributed by atoms with Crippen LogP contribution in [0.5, 0.6) is 0 Å². The highest BCUT2D eigenvalue weighted by Gasteiger charge is 2.30. The Morgan fingerprint density at radius 1 is 1.24 bits per heavy atom. The monoisotopic (exact) mass is 423 g/mol. The number of carbonyl (C=O) groups is 2. The summed E-state index contributed by atoms with van der Waals surface area (Å²) in [6.07, 6.45) is 7.68. The van der Waals surface area contributed by atoms with Crippen LogP contribution in [0, 0.1) is 0 Å². The quantitative estimate of drug-likeness (QED) is 0.356. The lowest BCUT2D eigenvalue weighted by Crippen LogP contribution is -2.33. The van der Waals surface area contributed by atoms with Gasteiger partial charge in [-0.25, -0.2) is 0 Å². The number of rotatable bonds is 13. The molecule has 2 rings (SSSR count). The van der Waals surface area contributed by atoms with Crippen molar-refractivity contribution >= 4 is 23.5 Å². The minimum Gasteiger partial charge on any atom is -0.466 e. The van der Waals surface area contributed by atoms with Crippen LogP contribution in [0.15, 0.2) is 24.3 Å². The summed E-state index contributed by atoms with van der Waals surface area (Å²) >= 11 is 6.16. The van der Waals surface area contributed by atoms with Gasteiger partial charge in [-0.1, -0.05) is 42.6 Å². The first kappa shape index (κ1) is 23.7. The third-order valence-corrected chi connectivity index (χ3v) is 5.91. The number of ether oxygens (including phenoxy) is 1. The van der Waals surface area contributed by atoms with E-state index in [1.165, 1.54) is 0 Å². The minimum absolute atomic E-state index is 0.124. The molecular formula is C23H34ClNO4.